The number of ether oxygens (including phenoxy) is 2. The summed E-state index contributed by atoms with van der Waals surface area (Å²) in [5.41, 5.74) is 0.337. The number of para-hydroxylation sites is 2. The van der Waals surface area contributed by atoms with Gasteiger partial charge < -0.3 is 24.8 Å². The molecule has 192 valence electrons. The van der Waals surface area contributed by atoms with E-state index in [1.54, 1.807) is 27.0 Å². The van der Waals surface area contributed by atoms with Crippen LogP contribution >= 0.6 is 0 Å². The van der Waals surface area contributed by atoms with Crippen LogP contribution in [0.1, 0.15) is 64.9 Å². The molecule has 0 heterocycles. The lowest BCUT2D eigenvalue weighted by Crippen LogP contribution is -2.40. The number of nitrogens with zero attached hydrogens (tertiary/aromatic N) is 1. The molecule has 0 aromatic heterocycles. The number of benzene rings is 2. The standard InChI is InChI=1S/C28H40N2O5/c1-5-7-8-9-12-19-30(27(33)29-24-16-10-11-17-25(24)34-4)20-18-22-14-13-15-23(21-22)35-28(3,6-2)26(31)32/h10-11,13-17,21H,5-9,12,18-20H2,1-4H3,(H,29,33)(H,31,32). The van der Waals surface area contributed by atoms with Gasteiger partial charge in [-0.05, 0) is 56.0 Å². The smallest absolute Gasteiger partial charge is 0.347 e. The molecule has 2 aromatic carbocycles. The van der Waals surface area contributed by atoms with Crippen LogP contribution < -0.4 is 14.8 Å². The molecule has 0 fully saturated rings. The molecule has 35 heavy (non-hydrogen) atoms. The lowest BCUT2D eigenvalue weighted by molar-refractivity contribution is -0.154. The van der Waals surface area contributed by atoms with Gasteiger partial charge in [-0.2, -0.15) is 0 Å². The lowest BCUT2D eigenvalue weighted by Gasteiger charge is -2.26. The van der Waals surface area contributed by atoms with Crippen LogP contribution in [0.4, 0.5) is 10.5 Å². The number of rotatable bonds is 15. The third-order valence-electron chi connectivity index (χ3n) is 6.21. The fraction of sp³-hybridized carbons (Fsp3) is 0.500. The van der Waals surface area contributed by atoms with E-state index in [9.17, 15) is 14.7 Å². The number of methoxy groups -OCH3 is 1. The summed E-state index contributed by atoms with van der Waals surface area (Å²) >= 11 is 0. The number of anilines is 1. The monoisotopic (exact) mass is 484 g/mol. The van der Waals surface area contributed by atoms with Gasteiger partial charge in [-0.15, -0.1) is 0 Å². The van der Waals surface area contributed by atoms with Crippen LogP contribution in [-0.2, 0) is 11.2 Å². The van der Waals surface area contributed by atoms with E-state index in [0.717, 1.165) is 24.8 Å². The Morgan fingerprint density at radius 3 is 2.43 bits per heavy atom. The van der Waals surface area contributed by atoms with E-state index >= 15 is 0 Å². The fourth-order valence-electron chi connectivity index (χ4n) is 3.72. The van der Waals surface area contributed by atoms with Gasteiger partial charge in [0.25, 0.3) is 0 Å². The predicted octanol–water partition coefficient (Wildman–Crippen LogP) is 6.37. The Kier molecular flexibility index (Phi) is 11.4. The number of hydrogen-bond acceptors (Lipinski definition) is 4. The molecule has 2 rings (SSSR count). The number of nitrogens with one attached hydrogen (secondary N) is 1. The van der Waals surface area contributed by atoms with E-state index < -0.39 is 11.6 Å². The van der Waals surface area contributed by atoms with Crippen LogP contribution in [0.5, 0.6) is 11.5 Å². The Labute approximate surface area is 209 Å². The first kappa shape index (κ1) is 28.0. The number of carbonyl (C=O) groups is 2. The minimum absolute atomic E-state index is 0.165. The van der Waals surface area contributed by atoms with Crippen LogP contribution in [0.25, 0.3) is 0 Å². The van der Waals surface area contributed by atoms with Crippen molar-refractivity contribution in [1.82, 2.24) is 4.90 Å². The lowest BCUT2D eigenvalue weighted by atomic mass is 10.0. The maximum absolute atomic E-state index is 13.2. The minimum atomic E-state index is -1.28. The highest BCUT2D eigenvalue weighted by Gasteiger charge is 2.33. The molecule has 2 amide bonds. The summed E-state index contributed by atoms with van der Waals surface area (Å²) in [6.45, 7) is 6.74. The molecule has 2 aromatic rings. The predicted molar refractivity (Wildman–Crippen MR) is 139 cm³/mol. The summed E-state index contributed by atoms with van der Waals surface area (Å²) in [6, 6.07) is 14.6. The Morgan fingerprint density at radius 1 is 1.00 bits per heavy atom. The van der Waals surface area contributed by atoms with Crippen molar-refractivity contribution in [1.29, 1.82) is 0 Å². The number of unbranched alkanes of at least 4 members (excludes halogenated alkanes) is 4. The van der Waals surface area contributed by atoms with Crippen molar-refractivity contribution in [2.24, 2.45) is 0 Å². The topological polar surface area (TPSA) is 88.1 Å². The number of carboxylic acid groups (broad SMARTS) is 1. The first-order valence-corrected chi connectivity index (χ1v) is 12.5. The highest BCUT2D eigenvalue weighted by Crippen LogP contribution is 2.25. The largest absolute Gasteiger partial charge is 0.495 e. The van der Waals surface area contributed by atoms with Crippen LogP contribution in [0.3, 0.4) is 0 Å². The van der Waals surface area contributed by atoms with Crippen molar-refractivity contribution in [2.75, 3.05) is 25.5 Å². The van der Waals surface area contributed by atoms with Crippen molar-refractivity contribution in [3.05, 3.63) is 54.1 Å². The number of carbonyl (C=O) groups excluding carboxylic acids is 1. The zero-order chi connectivity index (χ0) is 25.7. The summed E-state index contributed by atoms with van der Waals surface area (Å²) in [7, 11) is 1.58. The molecule has 2 N–H and O–H groups in total. The third kappa shape index (κ3) is 8.81. The minimum Gasteiger partial charge on any atom is -0.495 e. The summed E-state index contributed by atoms with van der Waals surface area (Å²) < 4.78 is 11.2. The number of urea groups is 1. The van der Waals surface area contributed by atoms with Crippen LogP contribution in [0.2, 0.25) is 0 Å². The molecule has 1 atom stereocenters. The van der Waals surface area contributed by atoms with E-state index in [4.69, 9.17) is 9.47 Å². The van der Waals surface area contributed by atoms with Gasteiger partial charge in [-0.1, -0.05) is 63.8 Å². The van der Waals surface area contributed by atoms with Crippen molar-refractivity contribution in [3.63, 3.8) is 0 Å². The normalized spacial score (nSPS) is 12.5. The summed E-state index contributed by atoms with van der Waals surface area (Å²) in [5.74, 6) is 0.137. The van der Waals surface area contributed by atoms with Gasteiger partial charge in [-0.25, -0.2) is 9.59 Å². The van der Waals surface area contributed by atoms with E-state index in [-0.39, 0.29) is 6.03 Å². The Balaban J connectivity index is 2.08. The van der Waals surface area contributed by atoms with Crippen molar-refractivity contribution >= 4 is 17.7 Å². The van der Waals surface area contributed by atoms with E-state index in [0.29, 0.717) is 43.1 Å². The average molecular weight is 485 g/mol. The molecule has 7 nitrogen and oxygen atoms in total. The first-order valence-electron chi connectivity index (χ1n) is 12.5. The van der Waals surface area contributed by atoms with Gasteiger partial charge in [0, 0.05) is 13.1 Å². The molecular formula is C28H40N2O5. The summed E-state index contributed by atoms with van der Waals surface area (Å²) in [4.78, 5) is 26.6. The number of hydrogen-bond donors (Lipinski definition) is 2. The average Bonchev–Trinajstić information content (AvgIpc) is 2.86. The molecule has 0 aliphatic carbocycles. The van der Waals surface area contributed by atoms with Gasteiger partial charge >= 0.3 is 12.0 Å². The van der Waals surface area contributed by atoms with Gasteiger partial charge in [0.2, 0.25) is 5.60 Å². The van der Waals surface area contributed by atoms with E-state index in [2.05, 4.69) is 12.2 Å². The number of carboxylic acids is 1. The Hall–Kier alpha value is -3.22. The molecule has 0 aliphatic rings. The van der Waals surface area contributed by atoms with E-state index in [1.165, 1.54) is 12.8 Å². The second-order valence-corrected chi connectivity index (χ2v) is 8.92. The molecule has 0 aliphatic heterocycles. The molecule has 0 saturated carbocycles. The first-order chi connectivity index (χ1) is 16.8. The van der Waals surface area contributed by atoms with Crippen LogP contribution in [-0.4, -0.2) is 47.8 Å². The number of amides is 2. The maximum Gasteiger partial charge on any atom is 0.347 e. The van der Waals surface area contributed by atoms with Gasteiger partial charge in [0.1, 0.15) is 11.5 Å². The third-order valence-corrected chi connectivity index (χ3v) is 6.21. The Morgan fingerprint density at radius 2 is 1.74 bits per heavy atom. The molecule has 0 radical (unpaired) electrons. The van der Waals surface area contributed by atoms with Crippen molar-refractivity contribution < 1.29 is 24.2 Å². The molecule has 7 heteroatoms. The zero-order valence-corrected chi connectivity index (χ0v) is 21.5. The second-order valence-electron chi connectivity index (χ2n) is 8.92. The number of aliphatic carboxylic acids is 1. The maximum atomic E-state index is 13.2. The molecular weight excluding hydrogens is 444 g/mol. The van der Waals surface area contributed by atoms with Gasteiger partial charge in [0.05, 0.1) is 12.8 Å². The summed E-state index contributed by atoms with van der Waals surface area (Å²) in [6.07, 6.45) is 6.54. The quantitative estimate of drug-likeness (QED) is 0.287. The van der Waals surface area contributed by atoms with Crippen LogP contribution in [0, 0.1) is 0 Å². The molecule has 1 unspecified atom stereocenters. The second kappa shape index (κ2) is 14.2. The molecule has 0 saturated heterocycles. The highest BCUT2D eigenvalue weighted by atomic mass is 16.5. The zero-order valence-electron chi connectivity index (χ0n) is 21.5. The SMILES string of the molecule is CCCCCCCN(CCc1cccc(OC(C)(CC)C(=O)O)c1)C(=O)Nc1ccccc1OC. The van der Waals surface area contributed by atoms with Gasteiger partial charge in [0.15, 0.2) is 0 Å². The van der Waals surface area contributed by atoms with Crippen molar-refractivity contribution in [2.45, 2.75) is 71.3 Å². The molecule has 0 bridgehead atoms. The summed E-state index contributed by atoms with van der Waals surface area (Å²) in [5, 5.41) is 12.5. The highest BCUT2D eigenvalue weighted by molar-refractivity contribution is 5.91. The van der Waals surface area contributed by atoms with E-state index in [1.807, 2.05) is 47.4 Å². The van der Waals surface area contributed by atoms with Gasteiger partial charge in [-0.3, -0.25) is 0 Å². The Bertz CT molecular complexity index is 948. The fourth-order valence-corrected chi connectivity index (χ4v) is 3.72. The van der Waals surface area contributed by atoms with Crippen LogP contribution in [0.15, 0.2) is 48.5 Å². The molecule has 0 spiro atoms. The van der Waals surface area contributed by atoms with Crippen molar-refractivity contribution in [3.8, 4) is 11.5 Å².